The SMILES string of the molecule is COCc1cc(/C=C/C(=O)c2ccc(C(C)C)cc2)ccc1OC. The van der Waals surface area contributed by atoms with Crippen LogP contribution in [-0.4, -0.2) is 20.0 Å². The van der Waals surface area contributed by atoms with Crippen LogP contribution in [0.5, 0.6) is 5.75 Å². The van der Waals surface area contributed by atoms with Crippen molar-refractivity contribution in [2.24, 2.45) is 0 Å². The van der Waals surface area contributed by atoms with Crippen LogP contribution in [0, 0.1) is 0 Å². The van der Waals surface area contributed by atoms with Crippen molar-refractivity contribution in [2.45, 2.75) is 26.4 Å². The van der Waals surface area contributed by atoms with Gasteiger partial charge in [0.2, 0.25) is 0 Å². The Kier molecular flexibility index (Phi) is 6.33. The molecule has 2 aromatic rings. The molecule has 0 aliphatic heterocycles. The van der Waals surface area contributed by atoms with Crippen LogP contribution < -0.4 is 4.74 Å². The zero-order chi connectivity index (χ0) is 17.5. The third-order valence-corrected chi connectivity index (χ3v) is 3.89. The van der Waals surface area contributed by atoms with Gasteiger partial charge in [0.25, 0.3) is 0 Å². The van der Waals surface area contributed by atoms with E-state index < -0.39 is 0 Å². The van der Waals surface area contributed by atoms with Crippen LogP contribution in [0.4, 0.5) is 0 Å². The second kappa shape index (κ2) is 8.46. The van der Waals surface area contributed by atoms with Gasteiger partial charge in [-0.3, -0.25) is 4.79 Å². The number of carbonyl (C=O) groups excluding carboxylic acids is 1. The number of ether oxygens (including phenoxy) is 2. The minimum Gasteiger partial charge on any atom is -0.496 e. The fraction of sp³-hybridized carbons (Fsp3) is 0.286. The molecule has 3 heteroatoms. The fourth-order valence-electron chi connectivity index (χ4n) is 2.47. The van der Waals surface area contributed by atoms with Crippen LogP contribution in [-0.2, 0) is 11.3 Å². The van der Waals surface area contributed by atoms with Crippen molar-refractivity contribution in [2.75, 3.05) is 14.2 Å². The van der Waals surface area contributed by atoms with Gasteiger partial charge in [0.1, 0.15) is 5.75 Å². The average Bonchev–Trinajstić information content (AvgIpc) is 2.60. The highest BCUT2D eigenvalue weighted by atomic mass is 16.5. The van der Waals surface area contributed by atoms with E-state index >= 15 is 0 Å². The Labute approximate surface area is 143 Å². The Hall–Kier alpha value is -2.39. The van der Waals surface area contributed by atoms with Crippen LogP contribution in [0.25, 0.3) is 6.08 Å². The van der Waals surface area contributed by atoms with Crippen LogP contribution in [0.15, 0.2) is 48.5 Å². The number of carbonyl (C=O) groups is 1. The average molecular weight is 324 g/mol. The van der Waals surface area contributed by atoms with Crippen molar-refractivity contribution in [1.82, 2.24) is 0 Å². The summed E-state index contributed by atoms with van der Waals surface area (Å²) in [5, 5.41) is 0. The Morgan fingerprint density at radius 3 is 2.38 bits per heavy atom. The first kappa shape index (κ1) is 18.0. The van der Waals surface area contributed by atoms with Crippen LogP contribution in [0.2, 0.25) is 0 Å². The molecule has 0 aliphatic carbocycles. The smallest absolute Gasteiger partial charge is 0.185 e. The Morgan fingerprint density at radius 2 is 1.79 bits per heavy atom. The molecule has 0 N–H and O–H groups in total. The van der Waals surface area contributed by atoms with Gasteiger partial charge in [-0.15, -0.1) is 0 Å². The lowest BCUT2D eigenvalue weighted by Crippen LogP contribution is -1.96. The van der Waals surface area contributed by atoms with Gasteiger partial charge in [0.05, 0.1) is 13.7 Å². The number of hydrogen-bond donors (Lipinski definition) is 0. The van der Waals surface area contributed by atoms with Gasteiger partial charge < -0.3 is 9.47 Å². The van der Waals surface area contributed by atoms with E-state index in [4.69, 9.17) is 9.47 Å². The first-order chi connectivity index (χ1) is 11.5. The van der Waals surface area contributed by atoms with E-state index in [9.17, 15) is 4.79 Å². The van der Waals surface area contributed by atoms with Crippen molar-refractivity contribution in [1.29, 1.82) is 0 Å². The molecule has 24 heavy (non-hydrogen) atoms. The topological polar surface area (TPSA) is 35.5 Å². The van der Waals surface area contributed by atoms with E-state index in [0.29, 0.717) is 18.1 Å². The fourth-order valence-corrected chi connectivity index (χ4v) is 2.47. The van der Waals surface area contributed by atoms with E-state index in [1.165, 1.54) is 5.56 Å². The largest absolute Gasteiger partial charge is 0.496 e. The summed E-state index contributed by atoms with van der Waals surface area (Å²) in [6, 6.07) is 13.6. The number of allylic oxidation sites excluding steroid dienone is 1. The van der Waals surface area contributed by atoms with E-state index in [1.807, 2.05) is 48.5 Å². The summed E-state index contributed by atoms with van der Waals surface area (Å²) in [4.78, 5) is 12.3. The summed E-state index contributed by atoms with van der Waals surface area (Å²) >= 11 is 0. The van der Waals surface area contributed by atoms with Gasteiger partial charge in [-0.1, -0.05) is 50.3 Å². The highest BCUT2D eigenvalue weighted by molar-refractivity contribution is 6.06. The molecule has 0 fully saturated rings. The molecular weight excluding hydrogens is 300 g/mol. The maximum Gasteiger partial charge on any atom is 0.185 e. The summed E-state index contributed by atoms with van der Waals surface area (Å²) in [5.74, 6) is 1.24. The molecule has 0 aliphatic rings. The predicted molar refractivity (Wildman–Crippen MR) is 97.6 cm³/mol. The van der Waals surface area contributed by atoms with Crippen molar-refractivity contribution in [3.63, 3.8) is 0 Å². The lowest BCUT2D eigenvalue weighted by Gasteiger charge is -2.08. The number of ketones is 1. The lowest BCUT2D eigenvalue weighted by atomic mass is 10.00. The first-order valence-electron chi connectivity index (χ1n) is 8.03. The molecule has 0 atom stereocenters. The normalized spacial score (nSPS) is 11.2. The van der Waals surface area contributed by atoms with Crippen LogP contribution in [0.3, 0.4) is 0 Å². The molecule has 126 valence electrons. The van der Waals surface area contributed by atoms with E-state index in [1.54, 1.807) is 20.3 Å². The van der Waals surface area contributed by atoms with Crippen molar-refractivity contribution in [3.8, 4) is 5.75 Å². The third-order valence-electron chi connectivity index (χ3n) is 3.89. The van der Waals surface area contributed by atoms with Gasteiger partial charge in [-0.2, -0.15) is 0 Å². The van der Waals surface area contributed by atoms with E-state index in [2.05, 4.69) is 13.8 Å². The Morgan fingerprint density at radius 1 is 1.08 bits per heavy atom. The monoisotopic (exact) mass is 324 g/mol. The van der Waals surface area contributed by atoms with Gasteiger partial charge in [0.15, 0.2) is 5.78 Å². The second-order valence-corrected chi connectivity index (χ2v) is 5.98. The molecular formula is C21H24O3. The van der Waals surface area contributed by atoms with E-state index in [-0.39, 0.29) is 5.78 Å². The molecule has 3 nitrogen and oxygen atoms in total. The van der Waals surface area contributed by atoms with E-state index in [0.717, 1.165) is 16.9 Å². The zero-order valence-corrected chi connectivity index (χ0v) is 14.7. The minimum atomic E-state index is -0.00517. The van der Waals surface area contributed by atoms with Crippen molar-refractivity contribution < 1.29 is 14.3 Å². The zero-order valence-electron chi connectivity index (χ0n) is 14.7. The standard InChI is InChI=1S/C21H24O3/c1-15(2)17-7-9-18(10-8-17)20(22)11-5-16-6-12-21(24-4)19(13-16)14-23-3/h5-13,15H,14H2,1-4H3/b11-5+. The molecule has 0 heterocycles. The summed E-state index contributed by atoms with van der Waals surface area (Å²) in [6.07, 6.45) is 3.42. The van der Waals surface area contributed by atoms with Gasteiger partial charge >= 0.3 is 0 Å². The van der Waals surface area contributed by atoms with Gasteiger partial charge in [-0.05, 0) is 35.3 Å². The quantitative estimate of drug-likeness (QED) is 0.539. The number of methoxy groups -OCH3 is 2. The third kappa shape index (κ3) is 4.56. The molecule has 0 amide bonds. The number of rotatable bonds is 7. The molecule has 0 radical (unpaired) electrons. The predicted octanol–water partition coefficient (Wildman–Crippen LogP) is 4.86. The minimum absolute atomic E-state index is 0.00517. The Bertz CT molecular complexity index is 712. The summed E-state index contributed by atoms with van der Waals surface area (Å²) in [7, 11) is 3.28. The van der Waals surface area contributed by atoms with Crippen LogP contribution >= 0.6 is 0 Å². The summed E-state index contributed by atoms with van der Waals surface area (Å²) in [5.41, 5.74) is 3.82. The highest BCUT2D eigenvalue weighted by Gasteiger charge is 2.05. The molecule has 0 unspecified atom stereocenters. The molecule has 2 aromatic carbocycles. The first-order valence-corrected chi connectivity index (χ1v) is 8.03. The van der Waals surface area contributed by atoms with Crippen molar-refractivity contribution in [3.05, 3.63) is 70.8 Å². The number of benzene rings is 2. The second-order valence-electron chi connectivity index (χ2n) is 5.98. The molecule has 0 saturated heterocycles. The molecule has 0 bridgehead atoms. The lowest BCUT2D eigenvalue weighted by molar-refractivity contribution is 0.104. The molecule has 0 aromatic heterocycles. The van der Waals surface area contributed by atoms with Gasteiger partial charge in [-0.25, -0.2) is 0 Å². The Balaban J connectivity index is 2.14. The summed E-state index contributed by atoms with van der Waals surface area (Å²) in [6.45, 7) is 4.74. The van der Waals surface area contributed by atoms with Crippen molar-refractivity contribution >= 4 is 11.9 Å². The molecule has 0 spiro atoms. The molecule has 0 saturated carbocycles. The van der Waals surface area contributed by atoms with Gasteiger partial charge in [0, 0.05) is 18.2 Å². The van der Waals surface area contributed by atoms with Crippen LogP contribution in [0.1, 0.15) is 46.8 Å². The summed E-state index contributed by atoms with van der Waals surface area (Å²) < 4.78 is 10.5. The molecule has 2 rings (SSSR count). The maximum atomic E-state index is 12.3. The number of hydrogen-bond acceptors (Lipinski definition) is 3. The maximum absolute atomic E-state index is 12.3. The highest BCUT2D eigenvalue weighted by Crippen LogP contribution is 2.21.